The molecule has 2 atom stereocenters. The zero-order chi connectivity index (χ0) is 8.60. The van der Waals surface area contributed by atoms with Crippen LogP contribution in [0.3, 0.4) is 0 Å². The van der Waals surface area contributed by atoms with Crippen molar-refractivity contribution in [3.05, 3.63) is 0 Å². The zero-order valence-corrected chi connectivity index (χ0v) is 8.47. The van der Waals surface area contributed by atoms with Crippen molar-refractivity contribution in [1.29, 1.82) is 0 Å². The molecule has 0 unspecified atom stereocenters. The fraction of sp³-hybridized carbons (Fsp3) is 1.00. The molecule has 1 heterocycles. The third kappa shape index (κ3) is 1.39. The van der Waals surface area contributed by atoms with Gasteiger partial charge in [-0.1, -0.05) is 19.8 Å². The van der Waals surface area contributed by atoms with Gasteiger partial charge in [-0.25, -0.2) is 0 Å². The average Bonchev–Trinajstić information content (AvgIpc) is 2.06. The van der Waals surface area contributed by atoms with Crippen LogP contribution in [0.2, 0.25) is 0 Å². The zero-order valence-electron chi connectivity index (χ0n) is 8.47. The molecule has 0 aromatic carbocycles. The van der Waals surface area contributed by atoms with E-state index in [-0.39, 0.29) is 0 Å². The van der Waals surface area contributed by atoms with Crippen LogP contribution in [-0.2, 0) is 0 Å². The van der Waals surface area contributed by atoms with Gasteiger partial charge in [0.25, 0.3) is 0 Å². The van der Waals surface area contributed by atoms with Crippen LogP contribution in [0, 0.1) is 11.3 Å². The first-order chi connectivity index (χ1) is 5.71. The fourth-order valence-electron chi connectivity index (χ4n) is 3.03. The lowest BCUT2D eigenvalue weighted by molar-refractivity contribution is 0.0238. The number of hydrogen-bond acceptors (Lipinski definition) is 1. The highest BCUT2D eigenvalue weighted by molar-refractivity contribution is 4.91. The summed E-state index contributed by atoms with van der Waals surface area (Å²) in [6.07, 6.45) is 7.38. The predicted octanol–water partition coefficient (Wildman–Crippen LogP) is 2.52. The summed E-state index contributed by atoms with van der Waals surface area (Å²) in [5.41, 5.74) is 0.713. The van der Waals surface area contributed by atoms with Gasteiger partial charge in [-0.15, -0.1) is 0 Å². The van der Waals surface area contributed by atoms with Crippen LogP contribution in [0.4, 0.5) is 0 Å². The molecule has 0 aromatic rings. The molecule has 0 bridgehead atoms. The molecule has 2 rings (SSSR count). The van der Waals surface area contributed by atoms with Gasteiger partial charge in [0.1, 0.15) is 0 Å². The standard InChI is InChI=1S/C11H21N/c1-11-6-4-3-5-10(11)9-12(2)8-7-11/h10H,3-9H2,1-2H3/t10-,11+/m1/s1. The fourth-order valence-corrected chi connectivity index (χ4v) is 3.03. The topological polar surface area (TPSA) is 3.24 Å². The third-order valence-electron chi connectivity index (χ3n) is 4.13. The molecule has 1 aliphatic heterocycles. The van der Waals surface area contributed by atoms with Crippen molar-refractivity contribution >= 4 is 0 Å². The second kappa shape index (κ2) is 3.02. The smallest absolute Gasteiger partial charge is 0.00118 e. The van der Waals surface area contributed by atoms with Gasteiger partial charge in [0.05, 0.1) is 0 Å². The maximum Gasteiger partial charge on any atom is 0.00118 e. The first-order valence-corrected chi connectivity index (χ1v) is 5.39. The van der Waals surface area contributed by atoms with Gasteiger partial charge in [0, 0.05) is 6.54 Å². The lowest BCUT2D eigenvalue weighted by Gasteiger charge is -2.48. The van der Waals surface area contributed by atoms with Crippen LogP contribution in [0.5, 0.6) is 0 Å². The van der Waals surface area contributed by atoms with E-state index >= 15 is 0 Å². The van der Waals surface area contributed by atoms with Crippen molar-refractivity contribution in [2.24, 2.45) is 11.3 Å². The summed E-state index contributed by atoms with van der Waals surface area (Å²) in [7, 11) is 2.27. The Kier molecular flexibility index (Phi) is 2.16. The summed E-state index contributed by atoms with van der Waals surface area (Å²) in [4.78, 5) is 2.51. The molecule has 0 amide bonds. The molecule has 12 heavy (non-hydrogen) atoms. The van der Waals surface area contributed by atoms with E-state index < -0.39 is 0 Å². The molecule has 2 fully saturated rings. The Bertz CT molecular complexity index is 166. The number of rotatable bonds is 0. The molecular formula is C11H21N. The largest absolute Gasteiger partial charge is 0.306 e. The molecule has 1 aliphatic carbocycles. The molecule has 1 saturated carbocycles. The van der Waals surface area contributed by atoms with Gasteiger partial charge in [-0.05, 0) is 44.2 Å². The Morgan fingerprint density at radius 3 is 2.92 bits per heavy atom. The van der Waals surface area contributed by atoms with Crippen molar-refractivity contribution in [3.8, 4) is 0 Å². The number of hydrogen-bond donors (Lipinski definition) is 0. The van der Waals surface area contributed by atoms with E-state index in [4.69, 9.17) is 0 Å². The Morgan fingerprint density at radius 1 is 1.25 bits per heavy atom. The molecule has 1 nitrogen and oxygen atoms in total. The van der Waals surface area contributed by atoms with Gasteiger partial charge in [0.2, 0.25) is 0 Å². The number of piperidine rings is 1. The molecule has 70 valence electrons. The normalized spacial score (nSPS) is 44.0. The molecule has 0 radical (unpaired) electrons. The first kappa shape index (κ1) is 8.55. The van der Waals surface area contributed by atoms with Crippen molar-refractivity contribution in [3.63, 3.8) is 0 Å². The van der Waals surface area contributed by atoms with Gasteiger partial charge >= 0.3 is 0 Å². The second-order valence-electron chi connectivity index (χ2n) is 5.11. The molecule has 1 heteroatoms. The van der Waals surface area contributed by atoms with Crippen LogP contribution in [0.25, 0.3) is 0 Å². The summed E-state index contributed by atoms with van der Waals surface area (Å²) >= 11 is 0. The van der Waals surface area contributed by atoms with Crippen LogP contribution in [-0.4, -0.2) is 25.0 Å². The summed E-state index contributed by atoms with van der Waals surface area (Å²) in [6.45, 7) is 5.20. The minimum absolute atomic E-state index is 0.713. The van der Waals surface area contributed by atoms with Crippen molar-refractivity contribution in [1.82, 2.24) is 4.90 Å². The SMILES string of the molecule is CN1CC[C@]2(C)CCCC[C@@H]2C1. The Labute approximate surface area is 76.1 Å². The molecule has 0 aromatic heterocycles. The highest BCUT2D eigenvalue weighted by Crippen LogP contribution is 2.46. The maximum atomic E-state index is 2.52. The Hall–Kier alpha value is -0.0400. The van der Waals surface area contributed by atoms with E-state index in [0.29, 0.717) is 5.41 Å². The van der Waals surface area contributed by atoms with E-state index in [1.807, 2.05) is 0 Å². The molecule has 0 spiro atoms. The van der Waals surface area contributed by atoms with Crippen molar-refractivity contribution in [2.45, 2.75) is 39.0 Å². The lowest BCUT2D eigenvalue weighted by Crippen LogP contribution is -2.45. The lowest BCUT2D eigenvalue weighted by atomic mass is 9.64. The van der Waals surface area contributed by atoms with E-state index in [1.165, 1.54) is 45.2 Å². The summed E-state index contributed by atoms with van der Waals surface area (Å²) in [5, 5.41) is 0. The number of likely N-dealkylation sites (tertiary alicyclic amines) is 1. The Balaban J connectivity index is 2.06. The van der Waals surface area contributed by atoms with Gasteiger partial charge < -0.3 is 4.90 Å². The monoisotopic (exact) mass is 167 g/mol. The van der Waals surface area contributed by atoms with E-state index in [1.54, 1.807) is 0 Å². The Morgan fingerprint density at radius 2 is 2.08 bits per heavy atom. The van der Waals surface area contributed by atoms with Gasteiger partial charge in [0.15, 0.2) is 0 Å². The highest BCUT2D eigenvalue weighted by atomic mass is 15.1. The van der Waals surface area contributed by atoms with Crippen LogP contribution in [0.15, 0.2) is 0 Å². The number of fused-ring (bicyclic) bond motifs is 1. The van der Waals surface area contributed by atoms with Crippen molar-refractivity contribution < 1.29 is 0 Å². The minimum Gasteiger partial charge on any atom is -0.306 e. The summed E-state index contributed by atoms with van der Waals surface area (Å²) in [6, 6.07) is 0. The maximum absolute atomic E-state index is 2.52. The van der Waals surface area contributed by atoms with Crippen LogP contribution >= 0.6 is 0 Å². The number of nitrogens with zero attached hydrogens (tertiary/aromatic N) is 1. The van der Waals surface area contributed by atoms with Crippen molar-refractivity contribution in [2.75, 3.05) is 20.1 Å². The van der Waals surface area contributed by atoms with Crippen LogP contribution in [0.1, 0.15) is 39.0 Å². The quantitative estimate of drug-likeness (QED) is 0.536. The van der Waals surface area contributed by atoms with Gasteiger partial charge in [-0.2, -0.15) is 0 Å². The van der Waals surface area contributed by atoms with E-state index in [9.17, 15) is 0 Å². The minimum atomic E-state index is 0.713. The van der Waals surface area contributed by atoms with E-state index in [0.717, 1.165) is 5.92 Å². The molecule has 2 aliphatic rings. The average molecular weight is 167 g/mol. The summed E-state index contributed by atoms with van der Waals surface area (Å²) in [5.74, 6) is 1.00. The molecule has 1 saturated heterocycles. The molecule has 0 N–H and O–H groups in total. The van der Waals surface area contributed by atoms with E-state index in [2.05, 4.69) is 18.9 Å². The second-order valence-corrected chi connectivity index (χ2v) is 5.11. The van der Waals surface area contributed by atoms with Crippen LogP contribution < -0.4 is 0 Å². The molecular weight excluding hydrogens is 146 g/mol. The summed E-state index contributed by atoms with van der Waals surface area (Å²) < 4.78 is 0. The third-order valence-corrected chi connectivity index (χ3v) is 4.13. The predicted molar refractivity (Wildman–Crippen MR) is 52.2 cm³/mol. The van der Waals surface area contributed by atoms with Gasteiger partial charge in [-0.3, -0.25) is 0 Å². The first-order valence-electron chi connectivity index (χ1n) is 5.39. The highest BCUT2D eigenvalue weighted by Gasteiger charge is 2.39.